The second-order valence-corrected chi connectivity index (χ2v) is 3.80. The molecular formula is C11H8N4O5. The SMILES string of the molecule is NC(=O)c1cnn(-c2ccc(C(=O)O)cc2[N+](=O)[O-])c1. The van der Waals surface area contributed by atoms with Gasteiger partial charge in [-0.1, -0.05) is 0 Å². The van der Waals surface area contributed by atoms with E-state index in [1.165, 1.54) is 18.3 Å². The van der Waals surface area contributed by atoms with Crippen molar-refractivity contribution >= 4 is 17.6 Å². The maximum absolute atomic E-state index is 11.0. The lowest BCUT2D eigenvalue weighted by atomic mass is 10.1. The van der Waals surface area contributed by atoms with Crippen LogP contribution in [0.2, 0.25) is 0 Å². The fourth-order valence-corrected chi connectivity index (χ4v) is 1.58. The Morgan fingerprint density at radius 2 is 2.05 bits per heavy atom. The second-order valence-electron chi connectivity index (χ2n) is 3.80. The Balaban J connectivity index is 2.57. The molecule has 0 aliphatic rings. The summed E-state index contributed by atoms with van der Waals surface area (Å²) in [5.41, 5.74) is 4.52. The predicted octanol–water partition coefficient (Wildman–Crippen LogP) is 0.578. The number of aromatic nitrogens is 2. The third-order valence-electron chi connectivity index (χ3n) is 2.53. The Bertz CT molecular complexity index is 721. The summed E-state index contributed by atoms with van der Waals surface area (Å²) in [6, 6.07) is 3.36. The van der Waals surface area contributed by atoms with Crippen LogP contribution in [0, 0.1) is 10.1 Å². The smallest absolute Gasteiger partial charge is 0.335 e. The number of carboxylic acids is 1. The van der Waals surface area contributed by atoms with Gasteiger partial charge in [-0.2, -0.15) is 5.10 Å². The molecule has 1 aromatic carbocycles. The number of nitro groups is 1. The van der Waals surface area contributed by atoms with Gasteiger partial charge in [0.2, 0.25) is 0 Å². The van der Waals surface area contributed by atoms with Gasteiger partial charge >= 0.3 is 5.97 Å². The number of nitrogens with two attached hydrogens (primary N) is 1. The monoisotopic (exact) mass is 276 g/mol. The Hall–Kier alpha value is -3.23. The van der Waals surface area contributed by atoms with E-state index < -0.39 is 22.5 Å². The van der Waals surface area contributed by atoms with E-state index in [0.717, 1.165) is 16.9 Å². The van der Waals surface area contributed by atoms with Crippen molar-refractivity contribution < 1.29 is 19.6 Å². The van der Waals surface area contributed by atoms with Gasteiger partial charge < -0.3 is 10.8 Å². The van der Waals surface area contributed by atoms with E-state index >= 15 is 0 Å². The molecule has 0 bridgehead atoms. The van der Waals surface area contributed by atoms with Crippen LogP contribution in [0.25, 0.3) is 5.69 Å². The van der Waals surface area contributed by atoms with E-state index in [9.17, 15) is 19.7 Å². The molecule has 0 spiro atoms. The number of nitrogens with zero attached hydrogens (tertiary/aromatic N) is 3. The molecule has 1 aromatic heterocycles. The van der Waals surface area contributed by atoms with Crippen molar-refractivity contribution in [1.82, 2.24) is 9.78 Å². The third kappa shape index (κ3) is 2.32. The van der Waals surface area contributed by atoms with Crippen LogP contribution in [0.15, 0.2) is 30.6 Å². The number of carbonyl (C=O) groups is 2. The fraction of sp³-hybridized carbons (Fsp3) is 0. The number of rotatable bonds is 4. The molecule has 9 nitrogen and oxygen atoms in total. The van der Waals surface area contributed by atoms with E-state index in [-0.39, 0.29) is 16.8 Å². The van der Waals surface area contributed by atoms with Gasteiger partial charge in [-0.05, 0) is 12.1 Å². The number of nitro benzene ring substituents is 1. The van der Waals surface area contributed by atoms with Crippen LogP contribution in [-0.4, -0.2) is 31.7 Å². The van der Waals surface area contributed by atoms with Crippen molar-refractivity contribution in [2.75, 3.05) is 0 Å². The van der Waals surface area contributed by atoms with E-state index in [1.54, 1.807) is 0 Å². The molecule has 1 amide bonds. The number of hydrogen-bond donors (Lipinski definition) is 2. The average molecular weight is 276 g/mol. The van der Waals surface area contributed by atoms with Crippen molar-refractivity contribution in [2.45, 2.75) is 0 Å². The topological polar surface area (TPSA) is 141 Å². The lowest BCUT2D eigenvalue weighted by Crippen LogP contribution is -2.09. The Kier molecular flexibility index (Phi) is 3.17. The van der Waals surface area contributed by atoms with E-state index in [0.29, 0.717) is 0 Å². The number of benzene rings is 1. The molecule has 3 N–H and O–H groups in total. The number of hydrogen-bond acceptors (Lipinski definition) is 5. The minimum absolute atomic E-state index is 0.0347. The predicted molar refractivity (Wildman–Crippen MR) is 65.7 cm³/mol. The third-order valence-corrected chi connectivity index (χ3v) is 2.53. The molecule has 20 heavy (non-hydrogen) atoms. The highest BCUT2D eigenvalue weighted by Gasteiger charge is 2.19. The van der Waals surface area contributed by atoms with Gasteiger partial charge in [0.05, 0.1) is 22.2 Å². The van der Waals surface area contributed by atoms with Crippen molar-refractivity contribution in [2.24, 2.45) is 5.73 Å². The number of carboxylic acid groups (broad SMARTS) is 1. The largest absolute Gasteiger partial charge is 0.478 e. The van der Waals surface area contributed by atoms with E-state index in [1.807, 2.05) is 0 Å². The molecule has 0 aliphatic heterocycles. The van der Waals surface area contributed by atoms with E-state index in [4.69, 9.17) is 10.8 Å². The molecule has 0 aliphatic carbocycles. The van der Waals surface area contributed by atoms with Crippen LogP contribution in [0.3, 0.4) is 0 Å². The number of carbonyl (C=O) groups excluding carboxylic acids is 1. The van der Waals surface area contributed by atoms with Gasteiger partial charge in [-0.15, -0.1) is 0 Å². The lowest BCUT2D eigenvalue weighted by Gasteiger charge is -2.03. The fourth-order valence-electron chi connectivity index (χ4n) is 1.58. The molecule has 0 unspecified atom stereocenters. The summed E-state index contributed by atoms with van der Waals surface area (Å²) >= 11 is 0. The Morgan fingerprint density at radius 1 is 1.35 bits per heavy atom. The minimum Gasteiger partial charge on any atom is -0.478 e. The minimum atomic E-state index is -1.28. The van der Waals surface area contributed by atoms with Crippen LogP contribution in [-0.2, 0) is 0 Å². The molecule has 0 saturated heterocycles. The first-order chi connectivity index (χ1) is 9.40. The van der Waals surface area contributed by atoms with Crippen LogP contribution in [0.5, 0.6) is 0 Å². The van der Waals surface area contributed by atoms with Gasteiger partial charge in [-0.3, -0.25) is 14.9 Å². The zero-order valence-corrected chi connectivity index (χ0v) is 9.89. The molecule has 1 heterocycles. The van der Waals surface area contributed by atoms with Gasteiger partial charge in [0, 0.05) is 12.3 Å². The summed E-state index contributed by atoms with van der Waals surface area (Å²) in [7, 11) is 0. The van der Waals surface area contributed by atoms with Gasteiger partial charge in [0.15, 0.2) is 0 Å². The first-order valence-corrected chi connectivity index (χ1v) is 5.26. The average Bonchev–Trinajstić information content (AvgIpc) is 2.87. The summed E-state index contributed by atoms with van der Waals surface area (Å²) < 4.78 is 1.09. The van der Waals surface area contributed by atoms with Crippen molar-refractivity contribution in [1.29, 1.82) is 0 Å². The molecular weight excluding hydrogens is 268 g/mol. The zero-order valence-electron chi connectivity index (χ0n) is 9.89. The molecule has 102 valence electrons. The number of primary amides is 1. The van der Waals surface area contributed by atoms with Crippen LogP contribution in [0.1, 0.15) is 20.7 Å². The summed E-state index contributed by atoms with van der Waals surface area (Å²) in [6.07, 6.45) is 2.39. The molecule has 2 rings (SSSR count). The number of amides is 1. The number of aromatic carboxylic acids is 1. The summed E-state index contributed by atoms with van der Waals surface area (Å²) in [4.78, 5) is 32.0. The summed E-state index contributed by atoms with van der Waals surface area (Å²) in [6.45, 7) is 0. The normalized spacial score (nSPS) is 10.2. The first-order valence-electron chi connectivity index (χ1n) is 5.26. The van der Waals surface area contributed by atoms with Crippen LogP contribution < -0.4 is 5.73 Å². The lowest BCUT2D eigenvalue weighted by molar-refractivity contribution is -0.384. The zero-order chi connectivity index (χ0) is 14.9. The highest BCUT2D eigenvalue weighted by molar-refractivity contribution is 5.92. The summed E-state index contributed by atoms with van der Waals surface area (Å²) in [5.74, 6) is -2.00. The second kappa shape index (κ2) is 4.80. The van der Waals surface area contributed by atoms with Gasteiger partial charge in [0.1, 0.15) is 5.69 Å². The maximum atomic E-state index is 11.0. The Labute approximate surface area is 111 Å². The quantitative estimate of drug-likeness (QED) is 0.617. The maximum Gasteiger partial charge on any atom is 0.335 e. The standard InChI is InChI=1S/C11H8N4O5/c12-10(16)7-4-13-14(5-7)8-2-1-6(11(17)18)3-9(8)15(19)20/h1-5H,(H2,12,16)(H,17,18). The Morgan fingerprint density at radius 3 is 2.55 bits per heavy atom. The van der Waals surface area contributed by atoms with E-state index in [2.05, 4.69) is 5.10 Å². The highest BCUT2D eigenvalue weighted by atomic mass is 16.6. The molecule has 0 saturated carbocycles. The first kappa shape index (κ1) is 13.2. The van der Waals surface area contributed by atoms with Crippen molar-refractivity contribution in [3.8, 4) is 5.69 Å². The molecule has 0 fully saturated rings. The molecule has 2 aromatic rings. The molecule has 9 heteroatoms. The van der Waals surface area contributed by atoms with Crippen molar-refractivity contribution in [3.63, 3.8) is 0 Å². The highest BCUT2D eigenvalue weighted by Crippen LogP contribution is 2.24. The molecule has 0 atom stereocenters. The summed E-state index contributed by atoms with van der Waals surface area (Å²) in [5, 5.41) is 23.6. The van der Waals surface area contributed by atoms with Gasteiger partial charge in [0.25, 0.3) is 11.6 Å². The van der Waals surface area contributed by atoms with Crippen molar-refractivity contribution in [3.05, 3.63) is 51.8 Å². The molecule has 0 radical (unpaired) electrons. The van der Waals surface area contributed by atoms with Gasteiger partial charge in [-0.25, -0.2) is 9.48 Å². The van der Waals surface area contributed by atoms with Crippen LogP contribution >= 0.6 is 0 Å². The van der Waals surface area contributed by atoms with Crippen LogP contribution in [0.4, 0.5) is 5.69 Å².